The molecule has 0 aliphatic carbocycles. The summed E-state index contributed by atoms with van der Waals surface area (Å²) in [6.07, 6.45) is 0. The molecule has 0 aliphatic heterocycles. The lowest BCUT2D eigenvalue weighted by Crippen LogP contribution is -2.45. The van der Waals surface area contributed by atoms with Crippen LogP contribution in [0.5, 0.6) is 5.75 Å². The number of para-hydroxylation sites is 2. The van der Waals surface area contributed by atoms with Gasteiger partial charge in [0.05, 0.1) is 18.8 Å². The summed E-state index contributed by atoms with van der Waals surface area (Å²) >= 11 is 0. The van der Waals surface area contributed by atoms with Gasteiger partial charge >= 0.3 is 0 Å². The van der Waals surface area contributed by atoms with Gasteiger partial charge < -0.3 is 15.4 Å². The monoisotopic (exact) mass is 236 g/mol. The van der Waals surface area contributed by atoms with Crippen LogP contribution in [0.25, 0.3) is 0 Å². The third kappa shape index (κ3) is 2.97. The molecular formula is C13H20N2O2. The molecule has 1 aromatic carbocycles. The predicted molar refractivity (Wildman–Crippen MR) is 69.2 cm³/mol. The molecule has 0 bridgehead atoms. The van der Waals surface area contributed by atoms with Gasteiger partial charge in [-0.3, -0.25) is 4.79 Å². The first-order valence-electron chi connectivity index (χ1n) is 5.65. The van der Waals surface area contributed by atoms with Crippen LogP contribution in [0.2, 0.25) is 0 Å². The summed E-state index contributed by atoms with van der Waals surface area (Å²) in [5.74, 6) is 0.670. The Kier molecular flexibility index (Phi) is 4.52. The smallest absolute Gasteiger partial charge is 0.244 e. The van der Waals surface area contributed by atoms with Crippen LogP contribution >= 0.6 is 0 Å². The molecule has 0 heterocycles. The van der Waals surface area contributed by atoms with Crippen molar-refractivity contribution in [2.75, 3.05) is 19.1 Å². The number of amides is 1. The van der Waals surface area contributed by atoms with E-state index in [0.717, 1.165) is 5.69 Å². The van der Waals surface area contributed by atoms with E-state index in [4.69, 9.17) is 10.5 Å². The molecule has 2 N–H and O–H groups in total. The van der Waals surface area contributed by atoms with E-state index in [2.05, 4.69) is 0 Å². The largest absolute Gasteiger partial charge is 0.495 e. The SMILES string of the molecule is COc1ccccc1N(C)C(=O)[C@@H](N)C(C)C. The predicted octanol–water partition coefficient (Wildman–Crippen LogP) is 1.64. The van der Waals surface area contributed by atoms with E-state index in [1.54, 1.807) is 19.1 Å². The fourth-order valence-electron chi connectivity index (χ4n) is 1.53. The molecule has 1 amide bonds. The minimum atomic E-state index is -0.495. The number of hydrogen-bond acceptors (Lipinski definition) is 3. The quantitative estimate of drug-likeness (QED) is 0.864. The van der Waals surface area contributed by atoms with Gasteiger partial charge in [0.1, 0.15) is 5.75 Å². The van der Waals surface area contributed by atoms with E-state index in [-0.39, 0.29) is 11.8 Å². The van der Waals surface area contributed by atoms with Crippen molar-refractivity contribution in [3.63, 3.8) is 0 Å². The average Bonchev–Trinajstić information content (AvgIpc) is 2.35. The van der Waals surface area contributed by atoms with Crippen LogP contribution in [-0.4, -0.2) is 26.1 Å². The van der Waals surface area contributed by atoms with Crippen molar-refractivity contribution >= 4 is 11.6 Å². The maximum Gasteiger partial charge on any atom is 0.244 e. The van der Waals surface area contributed by atoms with Gasteiger partial charge in [0.15, 0.2) is 0 Å². The molecule has 0 unspecified atom stereocenters. The summed E-state index contributed by atoms with van der Waals surface area (Å²) in [5, 5.41) is 0. The van der Waals surface area contributed by atoms with E-state index in [9.17, 15) is 4.79 Å². The Bertz CT molecular complexity index is 391. The number of rotatable bonds is 4. The van der Waals surface area contributed by atoms with Crippen LogP contribution < -0.4 is 15.4 Å². The number of ether oxygens (including phenoxy) is 1. The molecule has 0 spiro atoms. The normalized spacial score (nSPS) is 12.4. The van der Waals surface area contributed by atoms with Crippen molar-refractivity contribution in [3.8, 4) is 5.75 Å². The highest BCUT2D eigenvalue weighted by molar-refractivity contribution is 5.97. The van der Waals surface area contributed by atoms with Crippen LogP contribution in [0.1, 0.15) is 13.8 Å². The van der Waals surface area contributed by atoms with Crippen LogP contribution in [0, 0.1) is 5.92 Å². The molecule has 4 nitrogen and oxygen atoms in total. The molecule has 1 atom stereocenters. The van der Waals surface area contributed by atoms with Crippen molar-refractivity contribution in [1.82, 2.24) is 0 Å². The minimum Gasteiger partial charge on any atom is -0.495 e. The number of carbonyl (C=O) groups excluding carboxylic acids is 1. The van der Waals surface area contributed by atoms with Gasteiger partial charge in [-0.15, -0.1) is 0 Å². The highest BCUT2D eigenvalue weighted by atomic mass is 16.5. The third-order valence-electron chi connectivity index (χ3n) is 2.78. The molecule has 1 aromatic rings. The van der Waals surface area contributed by atoms with Crippen molar-refractivity contribution in [3.05, 3.63) is 24.3 Å². The summed E-state index contributed by atoms with van der Waals surface area (Å²) in [4.78, 5) is 13.6. The van der Waals surface area contributed by atoms with Gasteiger partial charge in [-0.1, -0.05) is 26.0 Å². The Labute approximate surface area is 102 Å². The molecule has 0 radical (unpaired) electrons. The maximum atomic E-state index is 12.1. The van der Waals surface area contributed by atoms with E-state index in [1.807, 2.05) is 38.1 Å². The highest BCUT2D eigenvalue weighted by Gasteiger charge is 2.23. The minimum absolute atomic E-state index is 0.107. The molecule has 17 heavy (non-hydrogen) atoms. The molecule has 4 heteroatoms. The number of benzene rings is 1. The molecule has 94 valence electrons. The fourth-order valence-corrected chi connectivity index (χ4v) is 1.53. The van der Waals surface area contributed by atoms with Crippen molar-refractivity contribution < 1.29 is 9.53 Å². The van der Waals surface area contributed by atoms with E-state index in [0.29, 0.717) is 5.75 Å². The fraction of sp³-hybridized carbons (Fsp3) is 0.462. The molecule has 0 fully saturated rings. The number of anilines is 1. The zero-order valence-corrected chi connectivity index (χ0v) is 10.8. The first-order chi connectivity index (χ1) is 7.99. The van der Waals surface area contributed by atoms with Crippen molar-refractivity contribution in [2.24, 2.45) is 11.7 Å². The molecule has 0 saturated carbocycles. The maximum absolute atomic E-state index is 12.1. The first-order valence-corrected chi connectivity index (χ1v) is 5.65. The molecule has 0 aliphatic rings. The van der Waals surface area contributed by atoms with Crippen LogP contribution in [0.3, 0.4) is 0 Å². The number of nitrogens with zero attached hydrogens (tertiary/aromatic N) is 1. The van der Waals surface area contributed by atoms with Gasteiger partial charge in [-0.25, -0.2) is 0 Å². The van der Waals surface area contributed by atoms with Gasteiger partial charge in [0, 0.05) is 7.05 Å². The summed E-state index contributed by atoms with van der Waals surface area (Å²) in [6.45, 7) is 3.86. The van der Waals surface area contributed by atoms with Crippen LogP contribution in [0.4, 0.5) is 5.69 Å². The second-order valence-corrected chi connectivity index (χ2v) is 4.34. The van der Waals surface area contributed by atoms with E-state index < -0.39 is 6.04 Å². The zero-order chi connectivity index (χ0) is 13.0. The third-order valence-corrected chi connectivity index (χ3v) is 2.78. The molecule has 0 aromatic heterocycles. The van der Waals surface area contributed by atoms with E-state index >= 15 is 0 Å². The Morgan fingerprint density at radius 2 is 1.94 bits per heavy atom. The van der Waals surface area contributed by atoms with Crippen molar-refractivity contribution in [1.29, 1.82) is 0 Å². The van der Waals surface area contributed by atoms with Gasteiger partial charge in [-0.05, 0) is 18.1 Å². The second-order valence-electron chi connectivity index (χ2n) is 4.34. The Hall–Kier alpha value is -1.55. The summed E-state index contributed by atoms with van der Waals surface area (Å²) in [5.41, 5.74) is 6.59. The van der Waals surface area contributed by atoms with Gasteiger partial charge in [0.25, 0.3) is 0 Å². The topological polar surface area (TPSA) is 55.6 Å². The second kappa shape index (κ2) is 5.68. The lowest BCUT2D eigenvalue weighted by Gasteiger charge is -2.24. The summed E-state index contributed by atoms with van der Waals surface area (Å²) in [6, 6.07) is 6.89. The number of hydrogen-bond donors (Lipinski definition) is 1. The van der Waals surface area contributed by atoms with Gasteiger partial charge in [0.2, 0.25) is 5.91 Å². The zero-order valence-electron chi connectivity index (χ0n) is 10.8. The Balaban J connectivity index is 2.96. The summed E-state index contributed by atoms with van der Waals surface area (Å²) in [7, 11) is 3.29. The highest BCUT2D eigenvalue weighted by Crippen LogP contribution is 2.27. The standard InChI is InChI=1S/C13H20N2O2/c1-9(2)12(14)13(16)15(3)10-7-5-6-8-11(10)17-4/h5-9,12H,14H2,1-4H3/t12-/m0/s1. The van der Waals surface area contributed by atoms with E-state index in [1.165, 1.54) is 0 Å². The molecular weight excluding hydrogens is 216 g/mol. The molecule has 1 rings (SSSR count). The Morgan fingerprint density at radius 3 is 2.47 bits per heavy atom. The van der Waals surface area contributed by atoms with Crippen LogP contribution in [-0.2, 0) is 4.79 Å². The van der Waals surface area contributed by atoms with Crippen molar-refractivity contribution in [2.45, 2.75) is 19.9 Å². The number of methoxy groups -OCH3 is 1. The number of carbonyl (C=O) groups is 1. The van der Waals surface area contributed by atoms with Crippen LogP contribution in [0.15, 0.2) is 24.3 Å². The lowest BCUT2D eigenvalue weighted by atomic mass is 10.0. The molecule has 0 saturated heterocycles. The van der Waals surface area contributed by atoms with Gasteiger partial charge in [-0.2, -0.15) is 0 Å². The first kappa shape index (κ1) is 13.5. The Morgan fingerprint density at radius 1 is 1.35 bits per heavy atom. The lowest BCUT2D eigenvalue weighted by molar-refractivity contribution is -0.120. The summed E-state index contributed by atoms with van der Waals surface area (Å²) < 4.78 is 5.22. The average molecular weight is 236 g/mol. The number of likely N-dealkylation sites (N-methyl/N-ethyl adjacent to an activating group) is 1. The number of nitrogens with two attached hydrogens (primary N) is 1.